The quantitative estimate of drug-likeness (QED) is 0.0261. The van der Waals surface area contributed by atoms with Crippen molar-refractivity contribution in [3.8, 4) is 0 Å². The SMILES string of the molecule is CC/C=C\C/C=C\C/C=C\C/C=C\CCCCCCCCCCCCCCCCCCC(=O)OCC(COC(=O)CCCCC/C=C\C/C=C\C/C=C\CC)OC(=O)CCCCC/C=C\C/C=C\C/C=C\CC. The molecule has 0 aliphatic heterocycles. The summed E-state index contributed by atoms with van der Waals surface area (Å²) in [4.78, 5) is 38.1. The van der Waals surface area contributed by atoms with Crippen LogP contribution >= 0.6 is 0 Å². The number of allylic oxidation sites excluding steroid dienone is 20. The van der Waals surface area contributed by atoms with Gasteiger partial charge in [-0.2, -0.15) is 0 Å². The van der Waals surface area contributed by atoms with Crippen molar-refractivity contribution in [3.05, 3.63) is 122 Å². The van der Waals surface area contributed by atoms with Crippen molar-refractivity contribution in [1.29, 1.82) is 0 Å². The normalized spacial score (nSPS) is 13.0. The van der Waals surface area contributed by atoms with E-state index in [-0.39, 0.29) is 37.5 Å². The fourth-order valence-electron chi connectivity index (χ4n) is 8.05. The van der Waals surface area contributed by atoms with Crippen LogP contribution in [0.4, 0.5) is 0 Å². The standard InChI is InChI=1S/C67H110O6/c1-4-7-10-13-16-19-22-25-26-27-28-29-30-31-32-33-34-35-36-37-38-39-40-43-45-48-51-54-57-60-66(69)72-63-64(73-67(70)61-58-55-52-49-46-42-24-21-18-15-12-9-6-3)62-71-65(68)59-56-53-50-47-44-41-23-20-17-14-11-8-5-2/h7-12,16-21,25-26,28-29,41-42,44,46,64H,4-6,13-15,22-24,27,30-40,43,45,47-63H2,1-3H3/b10-7-,11-8-,12-9-,19-16-,20-17-,21-18-,26-25-,29-28-,44-41-,46-42-. The second-order valence-corrected chi connectivity index (χ2v) is 19.5. The maximum absolute atomic E-state index is 12.8. The first-order valence-corrected chi connectivity index (χ1v) is 30.0. The number of carbonyl (C=O) groups is 3. The van der Waals surface area contributed by atoms with Gasteiger partial charge in [-0.3, -0.25) is 14.4 Å². The van der Waals surface area contributed by atoms with Crippen molar-refractivity contribution in [1.82, 2.24) is 0 Å². The Balaban J connectivity index is 4.23. The fourth-order valence-corrected chi connectivity index (χ4v) is 8.05. The summed E-state index contributed by atoms with van der Waals surface area (Å²) in [5.41, 5.74) is 0. The minimum Gasteiger partial charge on any atom is -0.462 e. The molecule has 0 N–H and O–H groups in total. The number of carbonyl (C=O) groups excluding carboxylic acids is 3. The summed E-state index contributed by atoms with van der Waals surface area (Å²) in [6.45, 7) is 6.25. The molecular formula is C67H110O6. The molecule has 0 aliphatic carbocycles. The van der Waals surface area contributed by atoms with Gasteiger partial charge in [-0.15, -0.1) is 0 Å². The monoisotopic (exact) mass is 1010 g/mol. The van der Waals surface area contributed by atoms with E-state index in [2.05, 4.69) is 142 Å². The molecule has 0 spiro atoms. The van der Waals surface area contributed by atoms with Crippen LogP contribution in [0.15, 0.2) is 122 Å². The first-order valence-electron chi connectivity index (χ1n) is 30.0. The van der Waals surface area contributed by atoms with Gasteiger partial charge in [0.25, 0.3) is 0 Å². The molecule has 0 aromatic heterocycles. The van der Waals surface area contributed by atoms with Crippen molar-refractivity contribution in [2.45, 2.75) is 271 Å². The number of hydrogen-bond donors (Lipinski definition) is 0. The van der Waals surface area contributed by atoms with Crippen LogP contribution in [0, 0.1) is 0 Å². The lowest BCUT2D eigenvalue weighted by molar-refractivity contribution is -0.167. The largest absolute Gasteiger partial charge is 0.462 e. The van der Waals surface area contributed by atoms with Crippen LogP contribution < -0.4 is 0 Å². The van der Waals surface area contributed by atoms with Crippen molar-refractivity contribution in [2.75, 3.05) is 13.2 Å². The Labute approximate surface area is 450 Å². The Morgan fingerprint density at radius 2 is 0.493 bits per heavy atom. The highest BCUT2D eigenvalue weighted by molar-refractivity contribution is 5.71. The van der Waals surface area contributed by atoms with E-state index in [0.29, 0.717) is 12.8 Å². The van der Waals surface area contributed by atoms with Crippen LogP contribution in [0.5, 0.6) is 0 Å². The summed E-state index contributed by atoms with van der Waals surface area (Å²) in [5, 5.41) is 0. The van der Waals surface area contributed by atoms with E-state index in [1.54, 1.807) is 0 Å². The Bertz CT molecular complexity index is 1540. The van der Waals surface area contributed by atoms with Gasteiger partial charge in [0, 0.05) is 19.3 Å². The average molecular weight is 1010 g/mol. The molecule has 6 nitrogen and oxygen atoms in total. The second kappa shape index (κ2) is 60.4. The molecule has 6 heteroatoms. The van der Waals surface area contributed by atoms with E-state index in [1.807, 2.05) is 0 Å². The third-order valence-electron chi connectivity index (χ3n) is 12.4. The first kappa shape index (κ1) is 68.8. The molecule has 0 aliphatic rings. The van der Waals surface area contributed by atoms with Gasteiger partial charge in [0.15, 0.2) is 6.10 Å². The smallest absolute Gasteiger partial charge is 0.306 e. The van der Waals surface area contributed by atoms with E-state index in [9.17, 15) is 14.4 Å². The molecular weight excluding hydrogens is 901 g/mol. The fraction of sp³-hybridized carbons (Fsp3) is 0.657. The van der Waals surface area contributed by atoms with Crippen LogP contribution in [0.2, 0.25) is 0 Å². The molecule has 0 saturated carbocycles. The molecule has 0 radical (unpaired) electrons. The van der Waals surface area contributed by atoms with Gasteiger partial charge in [-0.05, 0) is 122 Å². The number of esters is 3. The van der Waals surface area contributed by atoms with E-state index in [4.69, 9.17) is 14.2 Å². The third kappa shape index (κ3) is 58.6. The van der Waals surface area contributed by atoms with Gasteiger partial charge in [0.05, 0.1) is 0 Å². The van der Waals surface area contributed by atoms with Crippen molar-refractivity contribution in [2.24, 2.45) is 0 Å². The minimum atomic E-state index is -0.807. The number of unbranched alkanes of at least 4 members (excludes halogenated alkanes) is 22. The average Bonchev–Trinajstić information content (AvgIpc) is 3.39. The van der Waals surface area contributed by atoms with Crippen molar-refractivity contribution >= 4 is 17.9 Å². The second-order valence-electron chi connectivity index (χ2n) is 19.5. The zero-order valence-electron chi connectivity index (χ0n) is 47.4. The van der Waals surface area contributed by atoms with Crippen LogP contribution in [-0.4, -0.2) is 37.2 Å². The Kier molecular flexibility index (Phi) is 56.9. The van der Waals surface area contributed by atoms with E-state index >= 15 is 0 Å². The van der Waals surface area contributed by atoms with Crippen LogP contribution in [0.25, 0.3) is 0 Å². The summed E-state index contributed by atoms with van der Waals surface area (Å²) < 4.78 is 16.8. The Morgan fingerprint density at radius 1 is 0.274 bits per heavy atom. The molecule has 1 atom stereocenters. The summed E-state index contributed by atoms with van der Waals surface area (Å²) in [7, 11) is 0. The lowest BCUT2D eigenvalue weighted by Gasteiger charge is -2.18. The number of hydrogen-bond acceptors (Lipinski definition) is 6. The lowest BCUT2D eigenvalue weighted by Crippen LogP contribution is -2.30. The molecule has 1 unspecified atom stereocenters. The van der Waals surface area contributed by atoms with Gasteiger partial charge in [0.2, 0.25) is 0 Å². The van der Waals surface area contributed by atoms with E-state index in [1.165, 1.54) is 89.9 Å². The molecule has 414 valence electrons. The van der Waals surface area contributed by atoms with Crippen molar-refractivity contribution < 1.29 is 28.6 Å². The molecule has 0 saturated heterocycles. The van der Waals surface area contributed by atoms with Crippen LogP contribution in [-0.2, 0) is 28.6 Å². The maximum atomic E-state index is 12.8. The van der Waals surface area contributed by atoms with Gasteiger partial charge in [0.1, 0.15) is 13.2 Å². The molecule has 0 aromatic carbocycles. The van der Waals surface area contributed by atoms with Crippen LogP contribution in [0.1, 0.15) is 265 Å². The highest BCUT2D eigenvalue weighted by atomic mass is 16.6. The van der Waals surface area contributed by atoms with E-state index < -0.39 is 6.10 Å². The Morgan fingerprint density at radius 3 is 0.781 bits per heavy atom. The topological polar surface area (TPSA) is 78.9 Å². The molecule has 0 fully saturated rings. The predicted octanol–water partition coefficient (Wildman–Crippen LogP) is 20.4. The molecule has 73 heavy (non-hydrogen) atoms. The van der Waals surface area contributed by atoms with E-state index in [0.717, 1.165) is 135 Å². The minimum absolute atomic E-state index is 0.100. The van der Waals surface area contributed by atoms with Crippen molar-refractivity contribution in [3.63, 3.8) is 0 Å². The van der Waals surface area contributed by atoms with Crippen LogP contribution in [0.3, 0.4) is 0 Å². The van der Waals surface area contributed by atoms with Gasteiger partial charge < -0.3 is 14.2 Å². The molecule has 0 aromatic rings. The van der Waals surface area contributed by atoms with Gasteiger partial charge in [-0.1, -0.05) is 245 Å². The maximum Gasteiger partial charge on any atom is 0.306 e. The van der Waals surface area contributed by atoms with Gasteiger partial charge >= 0.3 is 17.9 Å². The zero-order chi connectivity index (χ0) is 52.9. The summed E-state index contributed by atoms with van der Waals surface area (Å²) in [6.07, 6.45) is 83.6. The predicted molar refractivity (Wildman–Crippen MR) is 316 cm³/mol. The molecule has 0 bridgehead atoms. The third-order valence-corrected chi connectivity index (χ3v) is 12.4. The summed E-state index contributed by atoms with van der Waals surface area (Å²) >= 11 is 0. The van der Waals surface area contributed by atoms with Gasteiger partial charge in [-0.25, -0.2) is 0 Å². The number of rotatable bonds is 53. The molecule has 0 rings (SSSR count). The first-order chi connectivity index (χ1) is 36.0. The lowest BCUT2D eigenvalue weighted by atomic mass is 10.0. The number of ether oxygens (including phenoxy) is 3. The molecule has 0 heterocycles. The highest BCUT2D eigenvalue weighted by Gasteiger charge is 2.19. The highest BCUT2D eigenvalue weighted by Crippen LogP contribution is 2.16. The molecule has 0 amide bonds. The summed E-state index contributed by atoms with van der Waals surface area (Å²) in [5.74, 6) is -0.961. The summed E-state index contributed by atoms with van der Waals surface area (Å²) in [6, 6.07) is 0. The Hall–Kier alpha value is -4.19. The zero-order valence-corrected chi connectivity index (χ0v) is 47.4.